The minimum Gasteiger partial charge on any atom is -0.493 e. The summed E-state index contributed by atoms with van der Waals surface area (Å²) >= 11 is 0. The first-order valence-corrected chi connectivity index (χ1v) is 8.11. The molecule has 0 bridgehead atoms. The first-order chi connectivity index (χ1) is 13.0. The van der Waals surface area contributed by atoms with Gasteiger partial charge in [-0.1, -0.05) is 24.3 Å². The molecule has 1 atom stereocenters. The minimum absolute atomic E-state index is 0.0158. The number of benzene rings is 2. The van der Waals surface area contributed by atoms with E-state index in [0.29, 0.717) is 17.1 Å². The predicted octanol–water partition coefficient (Wildman–Crippen LogP) is 3.43. The van der Waals surface area contributed by atoms with Crippen LogP contribution in [0.4, 0.5) is 10.1 Å². The lowest BCUT2D eigenvalue weighted by Crippen LogP contribution is -2.29. The van der Waals surface area contributed by atoms with Crippen LogP contribution in [-0.2, 0) is 14.3 Å². The number of ether oxygens (including phenoxy) is 3. The van der Waals surface area contributed by atoms with Crippen LogP contribution in [0.25, 0.3) is 6.08 Å². The Bertz CT molecular complexity index is 850. The fourth-order valence-electron chi connectivity index (χ4n) is 2.27. The van der Waals surface area contributed by atoms with Crippen LogP contribution in [0.5, 0.6) is 11.5 Å². The standard InChI is InChI=1S/C20H20FNO5/c1-13(20(24)22-16-9-5-4-8-15(16)21)27-18(23)12-11-14-7-6-10-17(25-2)19(14)26-3/h4-13H,1-3H3,(H,22,24)/b12-11+/t13-/m1/s1. The SMILES string of the molecule is COc1cccc(/C=C/C(=O)O[C@H](C)C(=O)Nc2ccccc2F)c1OC. The van der Waals surface area contributed by atoms with Gasteiger partial charge in [-0.15, -0.1) is 0 Å². The molecule has 7 heteroatoms. The third-order valence-electron chi connectivity index (χ3n) is 3.63. The smallest absolute Gasteiger partial charge is 0.331 e. The summed E-state index contributed by atoms with van der Waals surface area (Å²) in [7, 11) is 3.00. The third kappa shape index (κ3) is 5.31. The van der Waals surface area contributed by atoms with Gasteiger partial charge in [0.2, 0.25) is 0 Å². The summed E-state index contributed by atoms with van der Waals surface area (Å²) in [5, 5.41) is 2.37. The van der Waals surface area contributed by atoms with Crippen LogP contribution in [0.15, 0.2) is 48.5 Å². The highest BCUT2D eigenvalue weighted by molar-refractivity contribution is 5.96. The Labute approximate surface area is 156 Å². The maximum atomic E-state index is 13.6. The lowest BCUT2D eigenvalue weighted by Gasteiger charge is -2.13. The number of methoxy groups -OCH3 is 2. The summed E-state index contributed by atoms with van der Waals surface area (Å²) in [6.07, 6.45) is 1.56. The van der Waals surface area contributed by atoms with Crippen molar-refractivity contribution in [2.75, 3.05) is 19.5 Å². The second kappa shape index (κ2) is 9.38. The van der Waals surface area contributed by atoms with Crippen LogP contribution in [0.2, 0.25) is 0 Å². The molecule has 2 aromatic rings. The Morgan fingerprint density at radius 1 is 1.07 bits per heavy atom. The van der Waals surface area contributed by atoms with E-state index in [1.54, 1.807) is 24.3 Å². The monoisotopic (exact) mass is 373 g/mol. The molecule has 27 heavy (non-hydrogen) atoms. The van der Waals surface area contributed by atoms with E-state index in [4.69, 9.17) is 14.2 Å². The average Bonchev–Trinajstić information content (AvgIpc) is 2.67. The summed E-state index contributed by atoms with van der Waals surface area (Å²) < 4.78 is 29.1. The number of anilines is 1. The van der Waals surface area contributed by atoms with E-state index in [1.807, 2.05) is 0 Å². The van der Waals surface area contributed by atoms with Crippen molar-refractivity contribution in [1.82, 2.24) is 0 Å². The van der Waals surface area contributed by atoms with Crippen molar-refractivity contribution in [3.8, 4) is 11.5 Å². The van der Waals surface area contributed by atoms with Crippen LogP contribution >= 0.6 is 0 Å². The van der Waals surface area contributed by atoms with Gasteiger partial charge in [0.15, 0.2) is 17.6 Å². The van der Waals surface area contributed by atoms with Gasteiger partial charge in [-0.2, -0.15) is 0 Å². The predicted molar refractivity (Wildman–Crippen MR) is 99.2 cm³/mol. The molecular weight excluding hydrogens is 353 g/mol. The number of halogens is 1. The molecule has 0 unspecified atom stereocenters. The van der Waals surface area contributed by atoms with Crippen molar-refractivity contribution in [3.63, 3.8) is 0 Å². The van der Waals surface area contributed by atoms with Crippen LogP contribution in [0.1, 0.15) is 12.5 Å². The fourth-order valence-corrected chi connectivity index (χ4v) is 2.27. The summed E-state index contributed by atoms with van der Waals surface area (Å²) in [6.45, 7) is 1.40. The largest absolute Gasteiger partial charge is 0.493 e. The zero-order chi connectivity index (χ0) is 19.8. The molecule has 0 spiro atoms. The number of hydrogen-bond donors (Lipinski definition) is 1. The molecule has 6 nitrogen and oxygen atoms in total. The first kappa shape index (κ1) is 20.0. The van der Waals surface area contributed by atoms with E-state index in [-0.39, 0.29) is 5.69 Å². The lowest BCUT2D eigenvalue weighted by atomic mass is 10.1. The van der Waals surface area contributed by atoms with E-state index < -0.39 is 23.8 Å². The fraction of sp³-hybridized carbons (Fsp3) is 0.200. The van der Waals surface area contributed by atoms with Gasteiger partial charge >= 0.3 is 5.97 Å². The van der Waals surface area contributed by atoms with Crippen molar-refractivity contribution in [2.24, 2.45) is 0 Å². The number of amides is 1. The van der Waals surface area contributed by atoms with E-state index >= 15 is 0 Å². The average molecular weight is 373 g/mol. The molecule has 0 aromatic heterocycles. The molecule has 0 aliphatic rings. The zero-order valence-corrected chi connectivity index (χ0v) is 15.2. The molecule has 0 aliphatic carbocycles. The molecule has 0 radical (unpaired) electrons. The highest BCUT2D eigenvalue weighted by Crippen LogP contribution is 2.31. The van der Waals surface area contributed by atoms with Crippen molar-refractivity contribution < 1.29 is 28.2 Å². The second-order valence-electron chi connectivity index (χ2n) is 5.46. The lowest BCUT2D eigenvalue weighted by molar-refractivity contribution is -0.148. The highest BCUT2D eigenvalue weighted by atomic mass is 19.1. The molecule has 0 fully saturated rings. The first-order valence-electron chi connectivity index (χ1n) is 8.11. The Morgan fingerprint density at radius 3 is 2.48 bits per heavy atom. The maximum absolute atomic E-state index is 13.6. The molecule has 142 valence electrons. The molecule has 0 heterocycles. The minimum atomic E-state index is -1.10. The van der Waals surface area contributed by atoms with Gasteiger partial charge in [0.05, 0.1) is 19.9 Å². The molecule has 1 amide bonds. The van der Waals surface area contributed by atoms with Gasteiger partial charge in [-0.3, -0.25) is 4.79 Å². The van der Waals surface area contributed by atoms with Gasteiger partial charge in [0, 0.05) is 11.6 Å². The molecule has 0 aliphatic heterocycles. The van der Waals surface area contributed by atoms with Gasteiger partial charge in [0.1, 0.15) is 5.82 Å². The normalized spacial score (nSPS) is 11.7. The van der Waals surface area contributed by atoms with Crippen molar-refractivity contribution >= 4 is 23.6 Å². The molecule has 2 aromatic carbocycles. The van der Waals surface area contributed by atoms with Gasteiger partial charge in [-0.05, 0) is 31.2 Å². The molecular formula is C20H20FNO5. The summed E-state index contributed by atoms with van der Waals surface area (Å²) in [4.78, 5) is 24.0. The molecule has 0 saturated heterocycles. The molecule has 0 saturated carbocycles. The summed E-state index contributed by atoms with van der Waals surface area (Å²) in [6, 6.07) is 10.9. The van der Waals surface area contributed by atoms with E-state index in [1.165, 1.54) is 51.5 Å². The van der Waals surface area contributed by atoms with E-state index in [2.05, 4.69) is 5.32 Å². The summed E-state index contributed by atoms with van der Waals surface area (Å²) in [5.74, 6) is -0.952. The van der Waals surface area contributed by atoms with Gasteiger partial charge in [-0.25, -0.2) is 9.18 Å². The quantitative estimate of drug-likeness (QED) is 0.595. The second-order valence-corrected chi connectivity index (χ2v) is 5.46. The Morgan fingerprint density at radius 2 is 1.81 bits per heavy atom. The van der Waals surface area contributed by atoms with Crippen LogP contribution in [0, 0.1) is 5.82 Å². The van der Waals surface area contributed by atoms with Gasteiger partial charge < -0.3 is 19.5 Å². The highest BCUT2D eigenvalue weighted by Gasteiger charge is 2.18. The maximum Gasteiger partial charge on any atom is 0.331 e. The number of carbonyl (C=O) groups is 2. The topological polar surface area (TPSA) is 73.9 Å². The number of para-hydroxylation sites is 2. The van der Waals surface area contributed by atoms with Crippen LogP contribution < -0.4 is 14.8 Å². The van der Waals surface area contributed by atoms with Crippen LogP contribution in [-0.4, -0.2) is 32.2 Å². The number of esters is 1. The van der Waals surface area contributed by atoms with Crippen LogP contribution in [0.3, 0.4) is 0 Å². The number of carbonyl (C=O) groups excluding carboxylic acids is 2. The summed E-state index contributed by atoms with van der Waals surface area (Å²) in [5.41, 5.74) is 0.624. The Balaban J connectivity index is 2.00. The van der Waals surface area contributed by atoms with Crippen molar-refractivity contribution in [1.29, 1.82) is 0 Å². The third-order valence-corrected chi connectivity index (χ3v) is 3.63. The van der Waals surface area contributed by atoms with Gasteiger partial charge in [0.25, 0.3) is 5.91 Å². The van der Waals surface area contributed by atoms with Crippen molar-refractivity contribution in [2.45, 2.75) is 13.0 Å². The van der Waals surface area contributed by atoms with E-state index in [9.17, 15) is 14.0 Å². The number of nitrogens with one attached hydrogen (secondary N) is 1. The Hall–Kier alpha value is -3.35. The van der Waals surface area contributed by atoms with E-state index in [0.717, 1.165) is 0 Å². The number of rotatable bonds is 7. The molecule has 2 rings (SSSR count). The van der Waals surface area contributed by atoms with Crippen molar-refractivity contribution in [3.05, 3.63) is 59.9 Å². The Kier molecular flexibility index (Phi) is 6.93. The zero-order valence-electron chi connectivity index (χ0n) is 15.2. The molecule has 1 N–H and O–H groups in total. The number of hydrogen-bond acceptors (Lipinski definition) is 5.